The highest BCUT2D eigenvalue weighted by Gasteiger charge is 2.09. The first kappa shape index (κ1) is 18.9. The summed E-state index contributed by atoms with van der Waals surface area (Å²) in [5.41, 5.74) is -1.39. The molecule has 0 fully saturated rings. The van der Waals surface area contributed by atoms with Gasteiger partial charge in [0, 0.05) is 18.9 Å². The van der Waals surface area contributed by atoms with E-state index < -0.39 is 23.1 Å². The highest BCUT2D eigenvalue weighted by molar-refractivity contribution is 5.87. The summed E-state index contributed by atoms with van der Waals surface area (Å²) in [6.07, 6.45) is 4.85. The summed E-state index contributed by atoms with van der Waals surface area (Å²) in [6, 6.07) is 5.62. The molecule has 8 heteroatoms. The lowest BCUT2D eigenvalue weighted by atomic mass is 10.2. The molecule has 3 N–H and O–H groups in total. The van der Waals surface area contributed by atoms with Gasteiger partial charge in [0.15, 0.2) is 0 Å². The normalized spacial score (nSPS) is 9.71. The first-order valence-corrected chi connectivity index (χ1v) is 7.22. The zero-order chi connectivity index (χ0) is 18.1. The number of H-pyrrole nitrogens is 1. The molecule has 0 radical (unpaired) electrons. The molecule has 8 nitrogen and oxygen atoms in total. The van der Waals surface area contributed by atoms with Crippen LogP contribution >= 0.6 is 0 Å². The van der Waals surface area contributed by atoms with Crippen molar-refractivity contribution < 1.29 is 19.8 Å². The molecule has 128 valence electrons. The first-order chi connectivity index (χ1) is 11.4. The Bertz CT molecular complexity index is 822. The molecule has 2 aromatic heterocycles. The molecule has 0 aliphatic carbocycles. The topological polar surface area (TPSA) is 129 Å². The molecule has 0 amide bonds. The minimum atomic E-state index is -1.21. The Morgan fingerprint density at radius 2 is 1.71 bits per heavy atom. The average Bonchev–Trinajstić information content (AvgIpc) is 2.54. The standard InChI is InChI=1S/C10H13NO3.C6H5NO3/c1-2-3-6-11-7-4-5-8(9(11)12)10(13)14;8-5-4(6(9)10)2-1-3-7-5/h4-5,7H,2-3,6H2,1H3,(H,13,14);1-3H,(H,7,8)(H,9,10). The molecular formula is C16H18N2O6. The van der Waals surface area contributed by atoms with Crippen LogP contribution in [-0.4, -0.2) is 31.7 Å². The lowest BCUT2D eigenvalue weighted by molar-refractivity contribution is 0.0683. The van der Waals surface area contributed by atoms with Crippen LogP contribution in [0.4, 0.5) is 0 Å². The molecular weight excluding hydrogens is 316 g/mol. The van der Waals surface area contributed by atoms with E-state index in [1.54, 1.807) is 12.3 Å². The number of aryl methyl sites for hydroxylation is 1. The van der Waals surface area contributed by atoms with E-state index in [4.69, 9.17) is 10.2 Å². The largest absolute Gasteiger partial charge is 0.477 e. The van der Waals surface area contributed by atoms with E-state index in [-0.39, 0.29) is 11.1 Å². The van der Waals surface area contributed by atoms with E-state index in [1.165, 1.54) is 29.0 Å². The number of nitrogens with zero attached hydrogens (tertiary/aromatic N) is 1. The molecule has 0 spiro atoms. The second-order valence-corrected chi connectivity index (χ2v) is 4.80. The molecule has 0 aliphatic rings. The summed E-state index contributed by atoms with van der Waals surface area (Å²) in [6.45, 7) is 2.60. The Morgan fingerprint density at radius 3 is 2.21 bits per heavy atom. The Kier molecular flexibility index (Phi) is 7.15. The monoisotopic (exact) mass is 334 g/mol. The number of aromatic amines is 1. The molecule has 0 atom stereocenters. The lowest BCUT2D eigenvalue weighted by Gasteiger charge is -2.04. The molecule has 0 bridgehead atoms. The minimum absolute atomic E-state index is 0.163. The van der Waals surface area contributed by atoms with E-state index in [0.717, 1.165) is 12.8 Å². The smallest absolute Gasteiger partial charge is 0.341 e. The Labute approximate surface area is 137 Å². The van der Waals surface area contributed by atoms with Gasteiger partial charge in [-0.05, 0) is 30.7 Å². The van der Waals surface area contributed by atoms with Crippen LogP contribution in [0, 0.1) is 0 Å². The summed E-state index contributed by atoms with van der Waals surface area (Å²) < 4.78 is 1.44. The van der Waals surface area contributed by atoms with Crippen LogP contribution in [0.2, 0.25) is 0 Å². The highest BCUT2D eigenvalue weighted by atomic mass is 16.4. The summed E-state index contributed by atoms with van der Waals surface area (Å²) in [4.78, 5) is 45.2. The maximum absolute atomic E-state index is 11.5. The minimum Gasteiger partial charge on any atom is -0.477 e. The molecule has 2 heterocycles. The van der Waals surface area contributed by atoms with Crippen molar-refractivity contribution in [1.29, 1.82) is 0 Å². The third-order valence-electron chi connectivity index (χ3n) is 3.05. The van der Waals surface area contributed by atoms with Crippen molar-refractivity contribution in [2.24, 2.45) is 0 Å². The number of unbranched alkanes of at least 4 members (excludes halogenated alkanes) is 1. The van der Waals surface area contributed by atoms with Gasteiger partial charge < -0.3 is 19.8 Å². The quantitative estimate of drug-likeness (QED) is 0.758. The number of hydrogen-bond acceptors (Lipinski definition) is 4. The van der Waals surface area contributed by atoms with Crippen LogP contribution in [0.5, 0.6) is 0 Å². The fourth-order valence-corrected chi connectivity index (χ4v) is 1.79. The van der Waals surface area contributed by atoms with Crippen LogP contribution in [-0.2, 0) is 6.54 Å². The van der Waals surface area contributed by atoms with Crippen molar-refractivity contribution in [2.75, 3.05) is 0 Å². The maximum Gasteiger partial charge on any atom is 0.341 e. The molecule has 0 aliphatic heterocycles. The summed E-state index contributed by atoms with van der Waals surface area (Å²) >= 11 is 0. The predicted molar refractivity (Wildman–Crippen MR) is 86.6 cm³/mol. The summed E-state index contributed by atoms with van der Waals surface area (Å²) in [5, 5.41) is 17.0. The van der Waals surface area contributed by atoms with Crippen molar-refractivity contribution in [3.05, 3.63) is 68.5 Å². The van der Waals surface area contributed by atoms with Gasteiger partial charge in [0.2, 0.25) is 0 Å². The second-order valence-electron chi connectivity index (χ2n) is 4.80. The first-order valence-electron chi connectivity index (χ1n) is 7.22. The number of pyridine rings is 2. The van der Waals surface area contributed by atoms with Gasteiger partial charge >= 0.3 is 11.9 Å². The maximum atomic E-state index is 11.5. The van der Waals surface area contributed by atoms with Gasteiger partial charge in [-0.2, -0.15) is 0 Å². The number of carbonyl (C=O) groups is 2. The van der Waals surface area contributed by atoms with Crippen molar-refractivity contribution >= 4 is 11.9 Å². The molecule has 2 rings (SSSR count). The Balaban J connectivity index is 0.000000254. The van der Waals surface area contributed by atoms with Crippen LogP contribution < -0.4 is 11.1 Å². The molecule has 24 heavy (non-hydrogen) atoms. The van der Waals surface area contributed by atoms with E-state index in [1.807, 2.05) is 6.92 Å². The van der Waals surface area contributed by atoms with Gasteiger partial charge in [0.05, 0.1) is 0 Å². The SMILES string of the molecule is CCCCn1cccc(C(=O)O)c1=O.O=C(O)c1ccc[nH]c1=O. The number of hydrogen-bond donors (Lipinski definition) is 3. The number of carboxylic acid groups (broad SMARTS) is 2. The fourth-order valence-electron chi connectivity index (χ4n) is 1.79. The predicted octanol–water partition coefficient (Wildman–Crippen LogP) is 1.42. The zero-order valence-corrected chi connectivity index (χ0v) is 13.1. The van der Waals surface area contributed by atoms with E-state index in [2.05, 4.69) is 4.98 Å². The third kappa shape index (κ3) is 5.24. The van der Waals surface area contributed by atoms with E-state index >= 15 is 0 Å². The summed E-state index contributed by atoms with van der Waals surface area (Å²) in [7, 11) is 0. The van der Waals surface area contributed by atoms with Gasteiger partial charge in [-0.1, -0.05) is 13.3 Å². The third-order valence-corrected chi connectivity index (χ3v) is 3.05. The highest BCUT2D eigenvalue weighted by Crippen LogP contribution is 1.95. The zero-order valence-electron chi connectivity index (χ0n) is 13.1. The van der Waals surface area contributed by atoms with Crippen LogP contribution in [0.15, 0.2) is 46.2 Å². The van der Waals surface area contributed by atoms with Crippen LogP contribution in [0.1, 0.15) is 40.5 Å². The van der Waals surface area contributed by atoms with Gasteiger partial charge in [-0.3, -0.25) is 9.59 Å². The molecule has 2 aromatic rings. The number of nitrogens with one attached hydrogen (secondary N) is 1. The average molecular weight is 334 g/mol. The van der Waals surface area contributed by atoms with Crippen molar-refractivity contribution in [1.82, 2.24) is 9.55 Å². The molecule has 0 saturated heterocycles. The number of aromatic nitrogens is 2. The van der Waals surface area contributed by atoms with Crippen molar-refractivity contribution in [3.8, 4) is 0 Å². The van der Waals surface area contributed by atoms with Gasteiger partial charge in [-0.25, -0.2) is 9.59 Å². The van der Waals surface area contributed by atoms with Gasteiger partial charge in [0.1, 0.15) is 11.1 Å². The lowest BCUT2D eigenvalue weighted by Crippen LogP contribution is -2.25. The fraction of sp³-hybridized carbons (Fsp3) is 0.250. The Hall–Kier alpha value is -3.16. The second kappa shape index (κ2) is 9.09. The van der Waals surface area contributed by atoms with Gasteiger partial charge in [0.25, 0.3) is 11.1 Å². The Morgan fingerprint density at radius 1 is 1.08 bits per heavy atom. The van der Waals surface area contributed by atoms with Crippen molar-refractivity contribution in [3.63, 3.8) is 0 Å². The number of rotatable bonds is 5. The number of aromatic carboxylic acids is 2. The molecule has 0 aromatic carbocycles. The molecule has 0 unspecified atom stereocenters. The number of carboxylic acids is 2. The van der Waals surface area contributed by atoms with Crippen molar-refractivity contribution in [2.45, 2.75) is 26.3 Å². The van der Waals surface area contributed by atoms with Crippen LogP contribution in [0.25, 0.3) is 0 Å². The molecule has 0 saturated carbocycles. The van der Waals surface area contributed by atoms with E-state index in [0.29, 0.717) is 6.54 Å². The van der Waals surface area contributed by atoms with E-state index in [9.17, 15) is 19.2 Å². The van der Waals surface area contributed by atoms with Crippen LogP contribution in [0.3, 0.4) is 0 Å². The van der Waals surface area contributed by atoms with Gasteiger partial charge in [-0.15, -0.1) is 0 Å². The summed E-state index contributed by atoms with van der Waals surface area (Å²) in [5.74, 6) is -2.37.